The van der Waals surface area contributed by atoms with Gasteiger partial charge in [0.15, 0.2) is 0 Å². The summed E-state index contributed by atoms with van der Waals surface area (Å²) in [5.74, 6) is 0.594. The van der Waals surface area contributed by atoms with Crippen molar-refractivity contribution >= 4 is 21.4 Å². The van der Waals surface area contributed by atoms with E-state index in [0.29, 0.717) is 5.82 Å². The van der Waals surface area contributed by atoms with Crippen LogP contribution in [0.3, 0.4) is 0 Å². The molecule has 0 atom stereocenters. The smallest absolute Gasteiger partial charge is 0.206 e. The van der Waals surface area contributed by atoms with Gasteiger partial charge in [0.2, 0.25) is 5.82 Å². The second-order valence-electron chi connectivity index (χ2n) is 3.36. The maximum absolute atomic E-state index is 4.26. The number of halogens is 1. The van der Waals surface area contributed by atoms with E-state index >= 15 is 0 Å². The topological polar surface area (TPSA) is 60.9 Å². The molecular weight excluding hydrogens is 272 g/mol. The SMILES string of the molecule is Cn1nnc(-c2ccc3cc(Br)nn3c2)n1. The molecule has 80 valence electrons. The number of fused-ring (bicyclic) bond motifs is 1. The Kier molecular flexibility index (Phi) is 2.00. The lowest BCUT2D eigenvalue weighted by Gasteiger charge is -1.95. The summed E-state index contributed by atoms with van der Waals surface area (Å²) < 4.78 is 2.58. The molecule has 0 N–H and O–H groups in total. The monoisotopic (exact) mass is 278 g/mol. The van der Waals surface area contributed by atoms with Gasteiger partial charge in [-0.3, -0.25) is 0 Å². The van der Waals surface area contributed by atoms with Crippen molar-refractivity contribution in [2.45, 2.75) is 0 Å². The zero-order valence-corrected chi connectivity index (χ0v) is 9.96. The van der Waals surface area contributed by atoms with Gasteiger partial charge in [0, 0.05) is 11.8 Å². The Morgan fingerprint density at radius 2 is 2.12 bits per heavy atom. The molecule has 7 heteroatoms. The Labute approximate surface area is 99.0 Å². The van der Waals surface area contributed by atoms with E-state index in [4.69, 9.17) is 0 Å². The van der Waals surface area contributed by atoms with Crippen molar-refractivity contribution in [2.75, 3.05) is 0 Å². The summed E-state index contributed by atoms with van der Waals surface area (Å²) in [7, 11) is 1.74. The van der Waals surface area contributed by atoms with Crippen molar-refractivity contribution in [3.63, 3.8) is 0 Å². The van der Waals surface area contributed by atoms with Crippen molar-refractivity contribution < 1.29 is 0 Å². The molecule has 0 aromatic carbocycles. The van der Waals surface area contributed by atoms with E-state index in [1.807, 2.05) is 24.4 Å². The van der Waals surface area contributed by atoms with Crippen LogP contribution in [0.15, 0.2) is 29.0 Å². The van der Waals surface area contributed by atoms with Crippen LogP contribution in [0, 0.1) is 0 Å². The van der Waals surface area contributed by atoms with Crippen molar-refractivity contribution in [3.8, 4) is 11.4 Å². The molecule has 0 saturated heterocycles. The van der Waals surface area contributed by atoms with E-state index in [-0.39, 0.29) is 0 Å². The van der Waals surface area contributed by atoms with Crippen LogP contribution < -0.4 is 0 Å². The summed E-state index contributed by atoms with van der Waals surface area (Å²) in [6, 6.07) is 5.85. The first-order valence-corrected chi connectivity index (χ1v) is 5.41. The predicted octanol–water partition coefficient (Wildman–Crippen LogP) is 1.29. The number of hydrogen-bond donors (Lipinski definition) is 0. The molecular formula is C9H7BrN6. The highest BCUT2D eigenvalue weighted by Crippen LogP contribution is 2.17. The summed E-state index contributed by atoms with van der Waals surface area (Å²) >= 11 is 3.33. The molecule has 0 aliphatic heterocycles. The van der Waals surface area contributed by atoms with Crippen LogP contribution in [0.1, 0.15) is 0 Å². The number of hydrogen-bond acceptors (Lipinski definition) is 4. The van der Waals surface area contributed by atoms with Crippen molar-refractivity contribution in [1.82, 2.24) is 29.8 Å². The van der Waals surface area contributed by atoms with Crippen molar-refractivity contribution in [1.29, 1.82) is 0 Å². The van der Waals surface area contributed by atoms with Gasteiger partial charge in [-0.25, -0.2) is 4.52 Å². The molecule has 3 aromatic heterocycles. The van der Waals surface area contributed by atoms with E-state index < -0.39 is 0 Å². The first-order chi connectivity index (χ1) is 7.72. The predicted molar refractivity (Wildman–Crippen MR) is 60.7 cm³/mol. The van der Waals surface area contributed by atoms with Crippen LogP contribution in [0.2, 0.25) is 0 Å². The van der Waals surface area contributed by atoms with Gasteiger partial charge >= 0.3 is 0 Å². The third kappa shape index (κ3) is 1.49. The summed E-state index contributed by atoms with van der Waals surface area (Å²) in [6.07, 6.45) is 1.87. The molecule has 3 rings (SSSR count). The van der Waals surface area contributed by atoms with E-state index in [1.165, 1.54) is 4.80 Å². The fourth-order valence-corrected chi connectivity index (χ4v) is 1.89. The first kappa shape index (κ1) is 9.46. The highest BCUT2D eigenvalue weighted by Gasteiger charge is 2.06. The maximum Gasteiger partial charge on any atom is 0.206 e. The first-order valence-electron chi connectivity index (χ1n) is 4.62. The molecule has 0 fully saturated rings. The minimum Gasteiger partial charge on any atom is -0.239 e. The molecule has 16 heavy (non-hydrogen) atoms. The maximum atomic E-state index is 4.26. The highest BCUT2D eigenvalue weighted by atomic mass is 79.9. The lowest BCUT2D eigenvalue weighted by atomic mass is 10.2. The summed E-state index contributed by atoms with van der Waals surface area (Å²) in [6.45, 7) is 0. The van der Waals surface area contributed by atoms with E-state index in [9.17, 15) is 0 Å². The molecule has 3 aromatic rings. The van der Waals surface area contributed by atoms with Gasteiger partial charge in [-0.15, -0.1) is 10.2 Å². The van der Waals surface area contributed by atoms with Gasteiger partial charge in [0.1, 0.15) is 4.60 Å². The van der Waals surface area contributed by atoms with Crippen LogP contribution in [0.4, 0.5) is 0 Å². The van der Waals surface area contributed by atoms with Gasteiger partial charge in [0.25, 0.3) is 0 Å². The second-order valence-corrected chi connectivity index (χ2v) is 4.17. The number of nitrogens with zero attached hydrogens (tertiary/aromatic N) is 6. The highest BCUT2D eigenvalue weighted by molar-refractivity contribution is 9.10. The average molecular weight is 279 g/mol. The van der Waals surface area contributed by atoms with Crippen LogP contribution >= 0.6 is 15.9 Å². The number of rotatable bonds is 1. The number of aromatic nitrogens is 6. The molecule has 0 spiro atoms. The van der Waals surface area contributed by atoms with E-state index in [1.54, 1.807) is 11.6 Å². The normalized spacial score (nSPS) is 11.1. The number of tetrazole rings is 1. The molecule has 0 saturated carbocycles. The van der Waals surface area contributed by atoms with Crippen LogP contribution in [0.5, 0.6) is 0 Å². The van der Waals surface area contributed by atoms with Crippen molar-refractivity contribution in [3.05, 3.63) is 29.0 Å². The average Bonchev–Trinajstić information content (AvgIpc) is 2.81. The Morgan fingerprint density at radius 3 is 2.88 bits per heavy atom. The van der Waals surface area contributed by atoms with E-state index in [2.05, 4.69) is 36.4 Å². The van der Waals surface area contributed by atoms with Gasteiger partial charge in [-0.05, 0) is 39.3 Å². The van der Waals surface area contributed by atoms with Gasteiger partial charge in [-0.2, -0.15) is 9.90 Å². The Morgan fingerprint density at radius 1 is 1.25 bits per heavy atom. The molecule has 0 radical (unpaired) electrons. The van der Waals surface area contributed by atoms with Gasteiger partial charge in [0.05, 0.1) is 12.6 Å². The van der Waals surface area contributed by atoms with Crippen molar-refractivity contribution in [2.24, 2.45) is 7.05 Å². The van der Waals surface area contributed by atoms with Crippen LogP contribution in [0.25, 0.3) is 16.9 Å². The van der Waals surface area contributed by atoms with Crippen LogP contribution in [-0.2, 0) is 7.05 Å². The standard InChI is InChI=1S/C9H7BrN6/c1-15-13-9(11-14-15)6-2-3-7-4-8(10)12-16(7)5-6/h2-5H,1H3. The van der Waals surface area contributed by atoms with E-state index in [0.717, 1.165) is 15.7 Å². The quantitative estimate of drug-likeness (QED) is 0.673. The Balaban J connectivity index is 2.17. The molecule has 0 bridgehead atoms. The fourth-order valence-electron chi connectivity index (χ4n) is 1.49. The molecule has 0 unspecified atom stereocenters. The third-order valence-corrected chi connectivity index (χ3v) is 2.58. The molecule has 0 aliphatic carbocycles. The Hall–Kier alpha value is -1.76. The summed E-state index contributed by atoms with van der Waals surface area (Å²) in [5, 5.41) is 16.1. The van der Waals surface area contributed by atoms with Gasteiger partial charge < -0.3 is 0 Å². The minimum atomic E-state index is 0.594. The molecule has 0 aliphatic rings. The number of pyridine rings is 1. The van der Waals surface area contributed by atoms with Crippen LogP contribution in [-0.4, -0.2) is 29.8 Å². The second kappa shape index (κ2) is 3.38. The molecule has 0 amide bonds. The molecule has 6 nitrogen and oxygen atoms in total. The lowest BCUT2D eigenvalue weighted by molar-refractivity contribution is 0.630. The zero-order chi connectivity index (χ0) is 11.1. The lowest BCUT2D eigenvalue weighted by Crippen LogP contribution is -1.92. The van der Waals surface area contributed by atoms with Gasteiger partial charge in [-0.1, -0.05) is 0 Å². The minimum absolute atomic E-state index is 0.594. The molecule has 3 heterocycles. The zero-order valence-electron chi connectivity index (χ0n) is 8.37. The summed E-state index contributed by atoms with van der Waals surface area (Å²) in [4.78, 5) is 1.43. The fraction of sp³-hybridized carbons (Fsp3) is 0.111. The Bertz CT molecular complexity index is 655. The summed E-state index contributed by atoms with van der Waals surface area (Å²) in [5.41, 5.74) is 1.90. The number of aryl methyl sites for hydroxylation is 1. The third-order valence-electron chi connectivity index (χ3n) is 2.20. The largest absolute Gasteiger partial charge is 0.239 e.